The molecule has 14 heavy (non-hydrogen) atoms. The van der Waals surface area contributed by atoms with E-state index < -0.39 is 0 Å². The molecule has 0 aliphatic heterocycles. The maximum absolute atomic E-state index is 11.2. The molecule has 0 aliphatic carbocycles. The highest BCUT2D eigenvalue weighted by Gasteiger charge is 2.15. The third-order valence-electron chi connectivity index (χ3n) is 2.46. The Labute approximate surface area is 86.8 Å². The Morgan fingerprint density at radius 3 is 2.64 bits per heavy atom. The van der Waals surface area contributed by atoms with E-state index in [0.29, 0.717) is 13.0 Å². The van der Waals surface area contributed by atoms with Gasteiger partial charge in [-0.2, -0.15) is 0 Å². The number of nitrogens with two attached hydrogens (primary N) is 1. The van der Waals surface area contributed by atoms with Crippen LogP contribution in [0.1, 0.15) is 26.2 Å². The highest BCUT2D eigenvalue weighted by Crippen LogP contribution is 2.02. The summed E-state index contributed by atoms with van der Waals surface area (Å²) in [6, 6.07) is 0.168. The van der Waals surface area contributed by atoms with Crippen molar-refractivity contribution in [1.29, 1.82) is 0 Å². The van der Waals surface area contributed by atoms with E-state index >= 15 is 0 Å². The Balaban J connectivity index is 3.91. The van der Waals surface area contributed by atoms with Crippen molar-refractivity contribution >= 4 is 5.91 Å². The third kappa shape index (κ3) is 5.19. The third-order valence-corrected chi connectivity index (χ3v) is 2.46. The fourth-order valence-electron chi connectivity index (χ4n) is 1.33. The van der Waals surface area contributed by atoms with Crippen LogP contribution in [0, 0.1) is 0 Å². The molecule has 0 saturated heterocycles. The van der Waals surface area contributed by atoms with Gasteiger partial charge >= 0.3 is 0 Å². The minimum absolute atomic E-state index is 0.0591. The summed E-state index contributed by atoms with van der Waals surface area (Å²) < 4.78 is 0. The summed E-state index contributed by atoms with van der Waals surface area (Å²) in [5.74, 6) is 0.0591. The molecule has 0 aromatic carbocycles. The Bertz CT molecular complexity index is 161. The quantitative estimate of drug-likeness (QED) is 0.618. The molecule has 0 aromatic rings. The maximum atomic E-state index is 11.2. The molecule has 0 radical (unpaired) electrons. The van der Waals surface area contributed by atoms with Crippen LogP contribution in [-0.2, 0) is 4.79 Å². The second kappa shape index (κ2) is 7.76. The Morgan fingerprint density at radius 2 is 2.21 bits per heavy atom. The van der Waals surface area contributed by atoms with Crippen LogP contribution >= 0.6 is 0 Å². The molecule has 1 atom stereocenters. The van der Waals surface area contributed by atoms with Crippen molar-refractivity contribution in [3.63, 3.8) is 0 Å². The smallest absolute Gasteiger partial charge is 0.221 e. The van der Waals surface area contributed by atoms with E-state index in [0.717, 1.165) is 13.0 Å². The van der Waals surface area contributed by atoms with E-state index in [1.807, 2.05) is 7.05 Å². The van der Waals surface area contributed by atoms with Gasteiger partial charge in [0.15, 0.2) is 0 Å². The second-order valence-electron chi connectivity index (χ2n) is 3.60. The summed E-state index contributed by atoms with van der Waals surface area (Å²) in [5, 5.41) is 2.62. The van der Waals surface area contributed by atoms with Crippen LogP contribution in [0.4, 0.5) is 0 Å². The van der Waals surface area contributed by atoms with Crippen LogP contribution in [0.15, 0.2) is 0 Å². The molecule has 1 amide bonds. The van der Waals surface area contributed by atoms with Crippen LogP contribution in [0.5, 0.6) is 0 Å². The zero-order chi connectivity index (χ0) is 11.0. The van der Waals surface area contributed by atoms with Crippen molar-refractivity contribution in [3.8, 4) is 0 Å². The lowest BCUT2D eigenvalue weighted by Crippen LogP contribution is -2.41. The first kappa shape index (κ1) is 13.4. The molecule has 0 fully saturated rings. The van der Waals surface area contributed by atoms with Crippen molar-refractivity contribution in [3.05, 3.63) is 0 Å². The lowest BCUT2D eigenvalue weighted by molar-refractivity contribution is -0.121. The van der Waals surface area contributed by atoms with E-state index in [1.165, 1.54) is 6.42 Å². The lowest BCUT2D eigenvalue weighted by Gasteiger charge is -2.26. The SMILES string of the molecule is CCCCN(C)C(CN)CC(=O)NC. The van der Waals surface area contributed by atoms with Gasteiger partial charge in [0.05, 0.1) is 0 Å². The van der Waals surface area contributed by atoms with E-state index in [9.17, 15) is 4.79 Å². The average Bonchev–Trinajstić information content (AvgIpc) is 2.21. The summed E-state index contributed by atoms with van der Waals surface area (Å²) in [4.78, 5) is 13.3. The molecule has 0 saturated carbocycles. The number of carbonyl (C=O) groups is 1. The predicted octanol–water partition coefficient (Wildman–Crippen LogP) is 0.182. The van der Waals surface area contributed by atoms with Gasteiger partial charge in [0.2, 0.25) is 5.91 Å². The van der Waals surface area contributed by atoms with Gasteiger partial charge in [0.25, 0.3) is 0 Å². The van der Waals surface area contributed by atoms with Gasteiger partial charge in [0.1, 0.15) is 0 Å². The van der Waals surface area contributed by atoms with Crippen molar-refractivity contribution < 1.29 is 4.79 Å². The summed E-state index contributed by atoms with van der Waals surface area (Å²) in [6.07, 6.45) is 2.82. The molecule has 4 nitrogen and oxygen atoms in total. The van der Waals surface area contributed by atoms with Gasteiger partial charge in [-0.05, 0) is 20.0 Å². The molecule has 0 rings (SSSR count). The van der Waals surface area contributed by atoms with Crippen molar-refractivity contribution in [2.45, 2.75) is 32.2 Å². The Morgan fingerprint density at radius 1 is 1.57 bits per heavy atom. The van der Waals surface area contributed by atoms with E-state index in [-0.39, 0.29) is 11.9 Å². The summed E-state index contributed by atoms with van der Waals surface area (Å²) in [7, 11) is 3.68. The van der Waals surface area contributed by atoms with Gasteiger partial charge in [-0.25, -0.2) is 0 Å². The number of nitrogens with one attached hydrogen (secondary N) is 1. The first-order valence-corrected chi connectivity index (χ1v) is 5.26. The monoisotopic (exact) mass is 201 g/mol. The second-order valence-corrected chi connectivity index (χ2v) is 3.60. The molecule has 0 spiro atoms. The van der Waals surface area contributed by atoms with Gasteiger partial charge in [-0.15, -0.1) is 0 Å². The molecule has 0 bridgehead atoms. The average molecular weight is 201 g/mol. The summed E-state index contributed by atoms with van der Waals surface area (Å²) in [6.45, 7) is 3.70. The molecule has 0 heterocycles. The lowest BCUT2D eigenvalue weighted by atomic mass is 10.1. The number of rotatable bonds is 7. The molecule has 0 aromatic heterocycles. The largest absolute Gasteiger partial charge is 0.359 e. The van der Waals surface area contributed by atoms with Crippen LogP contribution in [0.2, 0.25) is 0 Å². The van der Waals surface area contributed by atoms with Crippen molar-refractivity contribution in [2.75, 3.05) is 27.2 Å². The standard InChI is InChI=1S/C10H23N3O/c1-4-5-6-13(3)9(8-11)7-10(14)12-2/h9H,4-8,11H2,1-3H3,(H,12,14). The van der Waals surface area contributed by atoms with Gasteiger partial charge in [-0.3, -0.25) is 4.79 Å². The Kier molecular flexibility index (Phi) is 7.42. The summed E-state index contributed by atoms with van der Waals surface area (Å²) >= 11 is 0. The zero-order valence-corrected chi connectivity index (χ0v) is 9.55. The summed E-state index contributed by atoms with van der Waals surface area (Å²) in [5.41, 5.74) is 5.63. The highest BCUT2D eigenvalue weighted by atomic mass is 16.1. The molecule has 3 N–H and O–H groups in total. The van der Waals surface area contributed by atoms with E-state index in [4.69, 9.17) is 5.73 Å². The van der Waals surface area contributed by atoms with Gasteiger partial charge in [0, 0.05) is 26.1 Å². The molecular weight excluding hydrogens is 178 g/mol. The number of hydrogen-bond acceptors (Lipinski definition) is 3. The molecule has 4 heteroatoms. The number of carbonyl (C=O) groups excluding carboxylic acids is 1. The normalized spacial score (nSPS) is 12.9. The van der Waals surface area contributed by atoms with E-state index in [1.54, 1.807) is 7.05 Å². The van der Waals surface area contributed by atoms with Crippen LogP contribution in [-0.4, -0.2) is 44.0 Å². The fraction of sp³-hybridized carbons (Fsp3) is 0.900. The Hall–Kier alpha value is -0.610. The maximum Gasteiger partial charge on any atom is 0.221 e. The molecule has 1 unspecified atom stereocenters. The van der Waals surface area contributed by atoms with Crippen LogP contribution in [0.3, 0.4) is 0 Å². The fourth-order valence-corrected chi connectivity index (χ4v) is 1.33. The number of unbranched alkanes of at least 4 members (excludes halogenated alkanes) is 1. The van der Waals surface area contributed by atoms with Gasteiger partial charge in [-0.1, -0.05) is 13.3 Å². The van der Waals surface area contributed by atoms with Crippen molar-refractivity contribution in [2.24, 2.45) is 5.73 Å². The van der Waals surface area contributed by atoms with Crippen molar-refractivity contribution in [1.82, 2.24) is 10.2 Å². The highest BCUT2D eigenvalue weighted by molar-refractivity contribution is 5.76. The topological polar surface area (TPSA) is 58.4 Å². The molecule has 0 aliphatic rings. The van der Waals surface area contributed by atoms with Gasteiger partial charge < -0.3 is 16.0 Å². The number of likely N-dealkylation sites (N-methyl/N-ethyl adjacent to an activating group) is 1. The number of amides is 1. The first-order valence-electron chi connectivity index (χ1n) is 5.26. The molecular formula is C10H23N3O. The zero-order valence-electron chi connectivity index (χ0n) is 9.55. The minimum atomic E-state index is 0.0591. The molecule has 84 valence electrons. The van der Waals surface area contributed by atoms with Crippen LogP contribution < -0.4 is 11.1 Å². The first-order chi connectivity index (χ1) is 6.65. The number of hydrogen-bond donors (Lipinski definition) is 2. The van der Waals surface area contributed by atoms with Crippen LogP contribution in [0.25, 0.3) is 0 Å². The predicted molar refractivity (Wildman–Crippen MR) is 59.1 cm³/mol. The van der Waals surface area contributed by atoms with E-state index in [2.05, 4.69) is 17.1 Å². The number of nitrogens with zero attached hydrogens (tertiary/aromatic N) is 1. The minimum Gasteiger partial charge on any atom is -0.359 e.